The molecule has 0 heterocycles. The minimum atomic E-state index is -3.61. The number of carbonyl (C=O) groups is 1. The summed E-state index contributed by atoms with van der Waals surface area (Å²) in [6.45, 7) is 0.953. The third kappa shape index (κ3) is 4.45. The van der Waals surface area contributed by atoms with Crippen molar-refractivity contribution >= 4 is 27.5 Å². The lowest BCUT2D eigenvalue weighted by Gasteiger charge is -2.09. The fourth-order valence-corrected chi connectivity index (χ4v) is 2.44. The minimum absolute atomic E-state index is 0.00792. The number of halogens is 1. The van der Waals surface area contributed by atoms with Crippen molar-refractivity contribution in [1.29, 1.82) is 0 Å². The predicted octanol–water partition coefficient (Wildman–Crippen LogP) is 1.01. The Kier molecular flexibility index (Phi) is 6.41. The first kappa shape index (κ1) is 16.9. The number of ether oxygens (including phenoxy) is 1. The average molecular weight is 321 g/mol. The van der Waals surface area contributed by atoms with Crippen LogP contribution in [0.1, 0.15) is 16.8 Å². The van der Waals surface area contributed by atoms with Gasteiger partial charge in [-0.2, -0.15) is 0 Å². The maximum atomic E-state index is 11.9. The van der Waals surface area contributed by atoms with Crippen LogP contribution >= 0.6 is 11.6 Å². The van der Waals surface area contributed by atoms with Gasteiger partial charge in [0.2, 0.25) is 10.0 Å². The Bertz CT molecular complexity index is 575. The number of methoxy groups -OCH3 is 1. The first-order valence-electron chi connectivity index (χ1n) is 5.92. The molecule has 0 aromatic heterocycles. The third-order valence-corrected chi connectivity index (χ3v) is 4.31. The van der Waals surface area contributed by atoms with Gasteiger partial charge < -0.3 is 10.1 Å². The van der Waals surface area contributed by atoms with Gasteiger partial charge in [-0.3, -0.25) is 4.79 Å². The molecule has 112 valence electrons. The van der Waals surface area contributed by atoms with Gasteiger partial charge in [0.1, 0.15) is 0 Å². The van der Waals surface area contributed by atoms with Gasteiger partial charge >= 0.3 is 0 Å². The molecule has 0 saturated heterocycles. The molecule has 0 aliphatic rings. The van der Waals surface area contributed by atoms with Gasteiger partial charge in [0.25, 0.3) is 5.91 Å². The van der Waals surface area contributed by atoms with E-state index in [4.69, 9.17) is 16.3 Å². The van der Waals surface area contributed by atoms with Crippen LogP contribution in [-0.2, 0) is 14.8 Å². The van der Waals surface area contributed by atoms with Crippen LogP contribution < -0.4 is 10.0 Å². The SMILES string of the molecule is CNS(=O)(=O)c1ccc(Cl)c(C(=O)NCCCOC)c1. The molecule has 1 rings (SSSR count). The van der Waals surface area contributed by atoms with E-state index in [2.05, 4.69) is 10.0 Å². The van der Waals surface area contributed by atoms with Crippen molar-refractivity contribution in [3.8, 4) is 0 Å². The van der Waals surface area contributed by atoms with Crippen molar-refractivity contribution in [2.24, 2.45) is 0 Å². The zero-order valence-corrected chi connectivity index (χ0v) is 12.8. The number of benzene rings is 1. The van der Waals surface area contributed by atoms with Crippen LogP contribution in [0.15, 0.2) is 23.1 Å². The second-order valence-electron chi connectivity index (χ2n) is 3.95. The Morgan fingerprint density at radius 3 is 2.70 bits per heavy atom. The molecule has 0 radical (unpaired) electrons. The molecular weight excluding hydrogens is 304 g/mol. The largest absolute Gasteiger partial charge is 0.385 e. The van der Waals surface area contributed by atoms with Crippen LogP contribution in [0.3, 0.4) is 0 Å². The Labute approximate surface area is 123 Å². The second kappa shape index (κ2) is 7.58. The Morgan fingerprint density at radius 2 is 2.10 bits per heavy atom. The maximum Gasteiger partial charge on any atom is 0.252 e. The summed E-state index contributed by atoms with van der Waals surface area (Å²) in [6, 6.07) is 3.98. The van der Waals surface area contributed by atoms with Gasteiger partial charge in [-0.1, -0.05) is 11.6 Å². The molecule has 1 aromatic rings. The molecule has 0 spiro atoms. The summed E-state index contributed by atoms with van der Waals surface area (Å²) in [5.41, 5.74) is 0.125. The first-order valence-corrected chi connectivity index (χ1v) is 7.78. The Morgan fingerprint density at radius 1 is 1.40 bits per heavy atom. The summed E-state index contributed by atoms with van der Waals surface area (Å²) < 4.78 is 30.4. The monoisotopic (exact) mass is 320 g/mol. The molecule has 0 aliphatic carbocycles. The summed E-state index contributed by atoms with van der Waals surface area (Å²) in [6.07, 6.45) is 0.661. The molecule has 1 amide bonds. The van der Waals surface area contributed by atoms with Crippen molar-refractivity contribution < 1.29 is 17.9 Å². The molecule has 0 fully saturated rings. The third-order valence-electron chi connectivity index (χ3n) is 2.57. The van der Waals surface area contributed by atoms with Crippen molar-refractivity contribution in [2.45, 2.75) is 11.3 Å². The van der Waals surface area contributed by atoms with Crippen LogP contribution in [0.25, 0.3) is 0 Å². The predicted molar refractivity (Wildman–Crippen MR) is 76.5 cm³/mol. The molecule has 0 atom stereocenters. The Hall–Kier alpha value is -1.15. The number of amides is 1. The van der Waals surface area contributed by atoms with E-state index in [0.717, 1.165) is 0 Å². The van der Waals surface area contributed by atoms with Gasteiger partial charge in [0.05, 0.1) is 15.5 Å². The first-order chi connectivity index (χ1) is 9.42. The van der Waals surface area contributed by atoms with Gasteiger partial charge in [-0.15, -0.1) is 0 Å². The van der Waals surface area contributed by atoms with Crippen LogP contribution in [0.5, 0.6) is 0 Å². The second-order valence-corrected chi connectivity index (χ2v) is 6.25. The zero-order valence-electron chi connectivity index (χ0n) is 11.3. The molecule has 0 bridgehead atoms. The van der Waals surface area contributed by atoms with Gasteiger partial charge in [-0.05, 0) is 31.7 Å². The number of hydrogen-bond donors (Lipinski definition) is 2. The van der Waals surface area contributed by atoms with E-state index in [1.807, 2.05) is 0 Å². The topological polar surface area (TPSA) is 84.5 Å². The molecule has 0 unspecified atom stereocenters. The molecule has 0 saturated carbocycles. The van der Waals surface area contributed by atoms with Gasteiger partial charge in [0.15, 0.2) is 0 Å². The summed E-state index contributed by atoms with van der Waals surface area (Å²) in [4.78, 5) is 11.9. The highest BCUT2D eigenvalue weighted by Crippen LogP contribution is 2.20. The minimum Gasteiger partial charge on any atom is -0.385 e. The summed E-state index contributed by atoms with van der Waals surface area (Å²) in [5, 5.41) is 2.85. The van der Waals surface area contributed by atoms with E-state index < -0.39 is 15.9 Å². The maximum absolute atomic E-state index is 11.9. The molecule has 2 N–H and O–H groups in total. The molecule has 8 heteroatoms. The molecule has 20 heavy (non-hydrogen) atoms. The average Bonchev–Trinajstić information content (AvgIpc) is 2.43. The Balaban J connectivity index is 2.89. The summed E-state index contributed by atoms with van der Waals surface area (Å²) in [7, 11) is -0.735. The highest BCUT2D eigenvalue weighted by molar-refractivity contribution is 7.89. The number of sulfonamides is 1. The van der Waals surface area contributed by atoms with Crippen LogP contribution in [0.2, 0.25) is 5.02 Å². The van der Waals surface area contributed by atoms with E-state index >= 15 is 0 Å². The fraction of sp³-hybridized carbons (Fsp3) is 0.417. The molecular formula is C12H17ClN2O4S. The highest BCUT2D eigenvalue weighted by atomic mass is 35.5. The van der Waals surface area contributed by atoms with E-state index in [0.29, 0.717) is 19.6 Å². The number of carbonyl (C=O) groups excluding carboxylic acids is 1. The van der Waals surface area contributed by atoms with Crippen molar-refractivity contribution in [1.82, 2.24) is 10.0 Å². The fourth-order valence-electron chi connectivity index (χ4n) is 1.48. The quantitative estimate of drug-likeness (QED) is 0.734. The van der Waals surface area contributed by atoms with Crippen molar-refractivity contribution in [2.75, 3.05) is 27.3 Å². The number of hydrogen-bond acceptors (Lipinski definition) is 4. The lowest BCUT2D eigenvalue weighted by molar-refractivity contribution is 0.0948. The number of rotatable bonds is 7. The standard InChI is InChI=1S/C12H17ClN2O4S/c1-14-20(17,18)9-4-5-11(13)10(8-9)12(16)15-6-3-7-19-2/h4-5,8,14H,3,6-7H2,1-2H3,(H,15,16). The van der Waals surface area contributed by atoms with Gasteiger partial charge in [-0.25, -0.2) is 13.1 Å². The smallest absolute Gasteiger partial charge is 0.252 e. The lowest BCUT2D eigenvalue weighted by atomic mass is 10.2. The van der Waals surface area contributed by atoms with Crippen LogP contribution in [0, 0.1) is 0 Å². The number of nitrogens with one attached hydrogen (secondary N) is 2. The van der Waals surface area contributed by atoms with E-state index in [9.17, 15) is 13.2 Å². The van der Waals surface area contributed by atoms with Gasteiger partial charge in [0, 0.05) is 20.3 Å². The van der Waals surface area contributed by atoms with Crippen LogP contribution in [-0.4, -0.2) is 41.6 Å². The molecule has 6 nitrogen and oxygen atoms in total. The van der Waals surface area contributed by atoms with Crippen LogP contribution in [0.4, 0.5) is 0 Å². The zero-order chi connectivity index (χ0) is 15.2. The van der Waals surface area contributed by atoms with E-state index in [-0.39, 0.29) is 15.5 Å². The normalized spacial score (nSPS) is 11.3. The summed E-state index contributed by atoms with van der Waals surface area (Å²) >= 11 is 5.92. The van der Waals surface area contributed by atoms with Crippen molar-refractivity contribution in [3.63, 3.8) is 0 Å². The lowest BCUT2D eigenvalue weighted by Crippen LogP contribution is -2.26. The highest BCUT2D eigenvalue weighted by Gasteiger charge is 2.17. The van der Waals surface area contributed by atoms with E-state index in [1.165, 1.54) is 25.2 Å². The molecule has 0 aliphatic heterocycles. The summed E-state index contributed by atoms with van der Waals surface area (Å²) in [5.74, 6) is -0.417. The van der Waals surface area contributed by atoms with E-state index in [1.54, 1.807) is 7.11 Å². The molecule has 1 aromatic carbocycles. The van der Waals surface area contributed by atoms with Crippen molar-refractivity contribution in [3.05, 3.63) is 28.8 Å².